The molecule has 1 aliphatic rings. The summed E-state index contributed by atoms with van der Waals surface area (Å²) < 4.78 is 0. The molecule has 0 aliphatic heterocycles. The molecule has 0 saturated heterocycles. The van der Waals surface area contributed by atoms with E-state index >= 15 is 0 Å². The van der Waals surface area contributed by atoms with Crippen LogP contribution in [0.5, 0.6) is 0 Å². The summed E-state index contributed by atoms with van der Waals surface area (Å²) in [6.07, 6.45) is 2.11. The highest BCUT2D eigenvalue weighted by atomic mass is 35.5. The van der Waals surface area contributed by atoms with E-state index in [0.29, 0.717) is 10.6 Å². The van der Waals surface area contributed by atoms with Crippen LogP contribution in [-0.4, -0.2) is 36.0 Å². The Bertz CT molecular complexity index is 473. The van der Waals surface area contributed by atoms with Gasteiger partial charge in [0, 0.05) is 6.54 Å². The van der Waals surface area contributed by atoms with Crippen molar-refractivity contribution in [3.8, 4) is 0 Å². The molecule has 1 aliphatic carbocycles. The second-order valence-corrected chi connectivity index (χ2v) is 6.03. The summed E-state index contributed by atoms with van der Waals surface area (Å²) >= 11 is 6.16. The summed E-state index contributed by atoms with van der Waals surface area (Å²) in [7, 11) is 0. The highest BCUT2D eigenvalue weighted by Gasteiger charge is 2.45. The molecule has 1 saturated carbocycles. The largest absolute Gasteiger partial charge is 0.345 e. The standard InChI is InChI=1S/C16H23ClN2O/c1-4-19(5-2)11-16(9-10-16)18-15(20)14-12(3)7-6-8-13(14)17/h6-8H,4-5,9-11H2,1-3H3,(H,18,20). The van der Waals surface area contributed by atoms with E-state index in [9.17, 15) is 4.79 Å². The number of hydrogen-bond donors (Lipinski definition) is 1. The van der Waals surface area contributed by atoms with Crippen LogP contribution in [0.3, 0.4) is 0 Å². The highest BCUT2D eigenvalue weighted by molar-refractivity contribution is 6.34. The van der Waals surface area contributed by atoms with Gasteiger partial charge in [0.1, 0.15) is 0 Å². The lowest BCUT2D eigenvalue weighted by molar-refractivity contribution is 0.0917. The quantitative estimate of drug-likeness (QED) is 0.873. The van der Waals surface area contributed by atoms with Crippen LogP contribution in [0.2, 0.25) is 5.02 Å². The number of nitrogens with one attached hydrogen (secondary N) is 1. The van der Waals surface area contributed by atoms with Crippen molar-refractivity contribution < 1.29 is 4.79 Å². The van der Waals surface area contributed by atoms with Crippen LogP contribution < -0.4 is 5.32 Å². The second kappa shape index (κ2) is 6.15. The van der Waals surface area contributed by atoms with Gasteiger partial charge >= 0.3 is 0 Å². The number of rotatable bonds is 6. The van der Waals surface area contributed by atoms with Gasteiger partial charge in [0.2, 0.25) is 0 Å². The van der Waals surface area contributed by atoms with Crippen LogP contribution in [0.15, 0.2) is 18.2 Å². The second-order valence-electron chi connectivity index (χ2n) is 5.63. The topological polar surface area (TPSA) is 32.3 Å². The van der Waals surface area contributed by atoms with E-state index in [1.807, 2.05) is 19.1 Å². The number of benzene rings is 1. The highest BCUT2D eigenvalue weighted by Crippen LogP contribution is 2.37. The first-order valence-corrected chi connectivity index (χ1v) is 7.69. The lowest BCUT2D eigenvalue weighted by atomic mass is 10.1. The van der Waals surface area contributed by atoms with Crippen molar-refractivity contribution in [1.82, 2.24) is 10.2 Å². The number of aryl methyl sites for hydroxylation is 1. The monoisotopic (exact) mass is 294 g/mol. The molecule has 0 spiro atoms. The molecule has 0 unspecified atom stereocenters. The van der Waals surface area contributed by atoms with Crippen molar-refractivity contribution >= 4 is 17.5 Å². The molecule has 0 heterocycles. The average molecular weight is 295 g/mol. The van der Waals surface area contributed by atoms with Gasteiger partial charge in [-0.2, -0.15) is 0 Å². The maximum absolute atomic E-state index is 12.5. The predicted molar refractivity (Wildman–Crippen MR) is 83.4 cm³/mol. The fraction of sp³-hybridized carbons (Fsp3) is 0.562. The molecule has 0 atom stereocenters. The van der Waals surface area contributed by atoms with E-state index in [2.05, 4.69) is 24.1 Å². The minimum Gasteiger partial charge on any atom is -0.345 e. The Morgan fingerprint density at radius 2 is 2.00 bits per heavy atom. The third kappa shape index (κ3) is 3.33. The van der Waals surface area contributed by atoms with E-state index in [4.69, 9.17) is 11.6 Å². The lowest BCUT2D eigenvalue weighted by Crippen LogP contribution is -2.46. The Morgan fingerprint density at radius 1 is 1.35 bits per heavy atom. The number of likely N-dealkylation sites (N-methyl/N-ethyl adjacent to an activating group) is 1. The molecule has 2 rings (SSSR count). The van der Waals surface area contributed by atoms with Gasteiger partial charge in [0.05, 0.1) is 16.1 Å². The summed E-state index contributed by atoms with van der Waals surface area (Å²) in [6.45, 7) is 9.18. The SMILES string of the molecule is CCN(CC)CC1(NC(=O)c2c(C)cccc2Cl)CC1. The Labute approximate surface area is 126 Å². The maximum atomic E-state index is 12.5. The average Bonchev–Trinajstić information content (AvgIpc) is 3.15. The molecule has 1 fully saturated rings. The minimum atomic E-state index is -0.0469. The number of carbonyl (C=O) groups excluding carboxylic acids is 1. The molecule has 20 heavy (non-hydrogen) atoms. The third-order valence-electron chi connectivity index (χ3n) is 4.10. The number of carbonyl (C=O) groups is 1. The molecular formula is C16H23ClN2O. The molecule has 4 heteroatoms. The summed E-state index contributed by atoms with van der Waals surface area (Å²) in [5.41, 5.74) is 1.49. The van der Waals surface area contributed by atoms with E-state index < -0.39 is 0 Å². The maximum Gasteiger partial charge on any atom is 0.253 e. The molecule has 1 N–H and O–H groups in total. The number of hydrogen-bond acceptors (Lipinski definition) is 2. The van der Waals surface area contributed by atoms with Gasteiger partial charge in [-0.3, -0.25) is 4.79 Å². The molecule has 0 aromatic heterocycles. The van der Waals surface area contributed by atoms with Gasteiger partial charge in [-0.15, -0.1) is 0 Å². The first kappa shape index (κ1) is 15.3. The van der Waals surface area contributed by atoms with Crippen molar-refractivity contribution in [2.75, 3.05) is 19.6 Å². The fourth-order valence-corrected chi connectivity index (χ4v) is 2.88. The third-order valence-corrected chi connectivity index (χ3v) is 4.42. The van der Waals surface area contributed by atoms with Crippen molar-refractivity contribution in [3.05, 3.63) is 34.3 Å². The summed E-state index contributed by atoms with van der Waals surface area (Å²) in [5.74, 6) is -0.0437. The van der Waals surface area contributed by atoms with Crippen molar-refractivity contribution in [2.45, 2.75) is 39.2 Å². The smallest absolute Gasteiger partial charge is 0.253 e. The van der Waals surface area contributed by atoms with Crippen molar-refractivity contribution in [3.63, 3.8) is 0 Å². The number of halogens is 1. The Hall–Kier alpha value is -1.06. The van der Waals surface area contributed by atoms with Crippen LogP contribution in [0.1, 0.15) is 42.6 Å². The van der Waals surface area contributed by atoms with Gasteiger partial charge in [0.25, 0.3) is 5.91 Å². The summed E-state index contributed by atoms with van der Waals surface area (Å²) in [5, 5.41) is 3.73. The van der Waals surface area contributed by atoms with Crippen LogP contribution in [0.4, 0.5) is 0 Å². The van der Waals surface area contributed by atoms with Crippen molar-refractivity contribution in [2.24, 2.45) is 0 Å². The number of nitrogens with zero attached hydrogens (tertiary/aromatic N) is 1. The Balaban J connectivity index is 2.08. The molecule has 1 aromatic carbocycles. The van der Waals surface area contributed by atoms with E-state index in [0.717, 1.165) is 38.0 Å². The van der Waals surface area contributed by atoms with Gasteiger partial charge in [0.15, 0.2) is 0 Å². The zero-order valence-electron chi connectivity index (χ0n) is 12.5. The Morgan fingerprint density at radius 3 is 2.50 bits per heavy atom. The molecule has 0 bridgehead atoms. The summed E-state index contributed by atoms with van der Waals surface area (Å²) in [4.78, 5) is 14.8. The molecule has 110 valence electrons. The lowest BCUT2D eigenvalue weighted by Gasteiger charge is -2.26. The zero-order valence-corrected chi connectivity index (χ0v) is 13.3. The van der Waals surface area contributed by atoms with Gasteiger partial charge < -0.3 is 10.2 Å². The van der Waals surface area contributed by atoms with Gasteiger partial charge in [-0.25, -0.2) is 0 Å². The van der Waals surface area contributed by atoms with Crippen LogP contribution >= 0.6 is 11.6 Å². The fourth-order valence-electron chi connectivity index (χ4n) is 2.57. The normalized spacial score (nSPS) is 16.2. The zero-order chi connectivity index (χ0) is 14.8. The predicted octanol–water partition coefficient (Wildman–Crippen LogP) is 3.25. The van der Waals surface area contributed by atoms with Gasteiger partial charge in [-0.05, 0) is 44.5 Å². The van der Waals surface area contributed by atoms with Crippen LogP contribution in [0.25, 0.3) is 0 Å². The summed E-state index contributed by atoms with van der Waals surface area (Å²) in [6, 6.07) is 5.56. The Kier molecular flexibility index (Phi) is 4.71. The van der Waals surface area contributed by atoms with E-state index in [1.54, 1.807) is 6.07 Å². The molecule has 1 amide bonds. The molecule has 0 radical (unpaired) electrons. The molecule has 1 aromatic rings. The molecule has 3 nitrogen and oxygen atoms in total. The van der Waals surface area contributed by atoms with Gasteiger partial charge in [-0.1, -0.05) is 37.6 Å². The van der Waals surface area contributed by atoms with Crippen LogP contribution in [0, 0.1) is 6.92 Å². The first-order valence-electron chi connectivity index (χ1n) is 7.31. The van der Waals surface area contributed by atoms with Crippen molar-refractivity contribution in [1.29, 1.82) is 0 Å². The molecular weight excluding hydrogens is 272 g/mol. The minimum absolute atomic E-state index is 0.0437. The number of amides is 1. The van der Waals surface area contributed by atoms with Crippen LogP contribution in [-0.2, 0) is 0 Å². The first-order chi connectivity index (χ1) is 9.51. The van der Waals surface area contributed by atoms with E-state index in [1.165, 1.54) is 0 Å². The van der Waals surface area contributed by atoms with E-state index in [-0.39, 0.29) is 11.4 Å².